The molecule has 128 valence electrons. The Bertz CT molecular complexity index is 864. The lowest BCUT2D eigenvalue weighted by Crippen LogP contribution is -2.15. The molecule has 1 aromatic carbocycles. The molecule has 5 nitrogen and oxygen atoms in total. The summed E-state index contributed by atoms with van der Waals surface area (Å²) in [6.07, 6.45) is 3.86. The maximum absolute atomic E-state index is 12.0. The van der Waals surface area contributed by atoms with Crippen molar-refractivity contribution in [2.75, 3.05) is 0 Å². The van der Waals surface area contributed by atoms with Crippen molar-refractivity contribution in [2.24, 2.45) is 5.73 Å². The third-order valence-electron chi connectivity index (χ3n) is 4.29. The number of pyridine rings is 1. The predicted molar refractivity (Wildman–Crippen MR) is 97.5 cm³/mol. The summed E-state index contributed by atoms with van der Waals surface area (Å²) in [7, 11) is 0. The lowest BCUT2D eigenvalue weighted by Gasteiger charge is -2.04. The van der Waals surface area contributed by atoms with Crippen LogP contribution in [-0.2, 0) is 19.3 Å². The number of nitrogens with zero attached hydrogens (tertiary/aromatic N) is 2. The highest BCUT2D eigenvalue weighted by molar-refractivity contribution is 5.95. The third-order valence-corrected chi connectivity index (χ3v) is 4.29. The molecule has 0 radical (unpaired) electrons. The summed E-state index contributed by atoms with van der Waals surface area (Å²) in [5, 5.41) is 7.32. The number of nitrogens with one attached hydrogen (secondary N) is 1. The second-order valence-corrected chi connectivity index (χ2v) is 6.36. The number of aromatic amines is 1. The average Bonchev–Trinajstić information content (AvgIpc) is 2.99. The minimum absolute atomic E-state index is 0.442. The number of primary amides is 1. The van der Waals surface area contributed by atoms with Gasteiger partial charge in [-0.2, -0.15) is 5.10 Å². The van der Waals surface area contributed by atoms with Crippen LogP contribution in [0.2, 0.25) is 0 Å². The smallest absolute Gasteiger partial charge is 0.252 e. The molecule has 0 spiro atoms. The molecule has 0 saturated carbocycles. The first-order valence-corrected chi connectivity index (χ1v) is 8.36. The summed E-state index contributed by atoms with van der Waals surface area (Å²) in [6, 6.07) is 12.3. The number of H-pyrrole nitrogens is 1. The Hall–Kier alpha value is -2.95. The SMILES string of the molecule is Cc1ccc(CCc2n[nH]c(Cc3ccc(C)nc3)c2C(N)=O)cc1. The molecule has 2 aromatic heterocycles. The van der Waals surface area contributed by atoms with Crippen LogP contribution in [0.25, 0.3) is 0 Å². The highest BCUT2D eigenvalue weighted by atomic mass is 16.1. The van der Waals surface area contributed by atoms with Crippen molar-refractivity contribution in [3.05, 3.63) is 81.9 Å². The lowest BCUT2D eigenvalue weighted by atomic mass is 10.0. The van der Waals surface area contributed by atoms with Crippen LogP contribution in [0, 0.1) is 13.8 Å². The van der Waals surface area contributed by atoms with E-state index in [1.54, 1.807) is 0 Å². The number of amides is 1. The van der Waals surface area contributed by atoms with Gasteiger partial charge in [-0.3, -0.25) is 14.9 Å². The number of nitrogens with two attached hydrogens (primary N) is 1. The van der Waals surface area contributed by atoms with Gasteiger partial charge in [-0.1, -0.05) is 35.9 Å². The number of aromatic nitrogens is 3. The molecular weight excluding hydrogens is 312 g/mol. The first kappa shape index (κ1) is 16.9. The van der Waals surface area contributed by atoms with Gasteiger partial charge in [0.1, 0.15) is 0 Å². The second kappa shape index (κ2) is 7.30. The first-order valence-electron chi connectivity index (χ1n) is 8.36. The van der Waals surface area contributed by atoms with Crippen LogP contribution in [0.4, 0.5) is 0 Å². The Morgan fingerprint density at radius 3 is 2.40 bits per heavy atom. The summed E-state index contributed by atoms with van der Waals surface area (Å²) >= 11 is 0. The molecule has 0 aliphatic carbocycles. The third kappa shape index (κ3) is 4.12. The van der Waals surface area contributed by atoms with Crippen LogP contribution in [0.3, 0.4) is 0 Å². The minimum Gasteiger partial charge on any atom is -0.365 e. The lowest BCUT2D eigenvalue weighted by molar-refractivity contribution is 0.0998. The zero-order chi connectivity index (χ0) is 17.8. The topological polar surface area (TPSA) is 84.7 Å². The molecule has 0 saturated heterocycles. The Balaban J connectivity index is 1.78. The molecule has 0 bridgehead atoms. The van der Waals surface area contributed by atoms with E-state index in [2.05, 4.69) is 46.4 Å². The van der Waals surface area contributed by atoms with E-state index in [1.165, 1.54) is 11.1 Å². The van der Waals surface area contributed by atoms with E-state index in [4.69, 9.17) is 5.73 Å². The quantitative estimate of drug-likeness (QED) is 0.727. The largest absolute Gasteiger partial charge is 0.365 e. The van der Waals surface area contributed by atoms with Gasteiger partial charge in [-0.05, 0) is 43.9 Å². The molecule has 3 rings (SSSR count). The van der Waals surface area contributed by atoms with Crippen LogP contribution < -0.4 is 5.73 Å². The molecule has 0 aliphatic rings. The Kier molecular flexibility index (Phi) is 4.93. The van der Waals surface area contributed by atoms with Crippen LogP contribution in [0.15, 0.2) is 42.6 Å². The van der Waals surface area contributed by atoms with E-state index in [-0.39, 0.29) is 0 Å². The number of hydrogen-bond acceptors (Lipinski definition) is 3. The van der Waals surface area contributed by atoms with Crippen molar-refractivity contribution >= 4 is 5.91 Å². The van der Waals surface area contributed by atoms with Gasteiger partial charge in [0, 0.05) is 18.3 Å². The van der Waals surface area contributed by atoms with Crippen LogP contribution >= 0.6 is 0 Å². The van der Waals surface area contributed by atoms with Gasteiger partial charge in [0.05, 0.1) is 17.0 Å². The zero-order valence-electron chi connectivity index (χ0n) is 14.5. The molecule has 2 heterocycles. The molecular formula is C20H22N4O. The number of carbonyl (C=O) groups excluding carboxylic acids is 1. The highest BCUT2D eigenvalue weighted by Crippen LogP contribution is 2.17. The number of rotatable bonds is 6. The molecule has 0 atom stereocenters. The number of carbonyl (C=O) groups is 1. The van der Waals surface area contributed by atoms with E-state index >= 15 is 0 Å². The fourth-order valence-corrected chi connectivity index (χ4v) is 2.85. The fraction of sp³-hybridized carbons (Fsp3) is 0.250. The summed E-state index contributed by atoms with van der Waals surface area (Å²) in [4.78, 5) is 16.2. The average molecular weight is 334 g/mol. The molecule has 0 aliphatic heterocycles. The van der Waals surface area contributed by atoms with E-state index in [0.717, 1.165) is 29.1 Å². The van der Waals surface area contributed by atoms with E-state index in [9.17, 15) is 4.79 Å². The molecule has 25 heavy (non-hydrogen) atoms. The van der Waals surface area contributed by atoms with Crippen molar-refractivity contribution < 1.29 is 4.79 Å². The minimum atomic E-state index is -0.442. The van der Waals surface area contributed by atoms with Crippen molar-refractivity contribution in [2.45, 2.75) is 33.1 Å². The molecule has 3 aromatic rings. The van der Waals surface area contributed by atoms with E-state index < -0.39 is 5.91 Å². The highest BCUT2D eigenvalue weighted by Gasteiger charge is 2.18. The Labute approximate surface area is 147 Å². The van der Waals surface area contributed by atoms with Gasteiger partial charge in [-0.25, -0.2) is 0 Å². The normalized spacial score (nSPS) is 10.8. The first-order chi connectivity index (χ1) is 12.0. The maximum atomic E-state index is 12.0. The van der Waals surface area contributed by atoms with Crippen molar-refractivity contribution in [1.82, 2.24) is 15.2 Å². The molecule has 0 unspecified atom stereocenters. The summed E-state index contributed by atoms with van der Waals surface area (Å²) in [5.41, 5.74) is 12.0. The Morgan fingerprint density at radius 1 is 1.04 bits per heavy atom. The number of aryl methyl sites for hydroxylation is 4. The summed E-state index contributed by atoms with van der Waals surface area (Å²) in [5.74, 6) is -0.442. The van der Waals surface area contributed by atoms with Crippen molar-refractivity contribution in [3.8, 4) is 0 Å². The molecule has 1 amide bonds. The van der Waals surface area contributed by atoms with Gasteiger partial charge >= 0.3 is 0 Å². The van der Waals surface area contributed by atoms with Gasteiger partial charge in [-0.15, -0.1) is 0 Å². The van der Waals surface area contributed by atoms with E-state index in [1.807, 2.05) is 25.3 Å². The molecule has 5 heteroatoms. The predicted octanol–water partition coefficient (Wildman–Crippen LogP) is 2.90. The maximum Gasteiger partial charge on any atom is 0.252 e. The van der Waals surface area contributed by atoms with E-state index in [0.29, 0.717) is 18.4 Å². The monoisotopic (exact) mass is 334 g/mol. The van der Waals surface area contributed by atoms with Gasteiger partial charge in [0.15, 0.2) is 0 Å². The fourth-order valence-electron chi connectivity index (χ4n) is 2.85. The van der Waals surface area contributed by atoms with Gasteiger partial charge < -0.3 is 5.73 Å². The van der Waals surface area contributed by atoms with Crippen molar-refractivity contribution in [1.29, 1.82) is 0 Å². The standard InChI is InChI=1S/C20H22N4O/c1-13-3-6-15(7-4-13)9-10-17-19(20(21)25)18(24-23-17)11-16-8-5-14(2)22-12-16/h3-8,12H,9-11H2,1-2H3,(H2,21,25)(H,23,24). The number of hydrogen-bond donors (Lipinski definition) is 2. The van der Waals surface area contributed by atoms with Crippen LogP contribution in [0.5, 0.6) is 0 Å². The zero-order valence-corrected chi connectivity index (χ0v) is 14.5. The van der Waals surface area contributed by atoms with Crippen molar-refractivity contribution in [3.63, 3.8) is 0 Å². The second-order valence-electron chi connectivity index (χ2n) is 6.36. The van der Waals surface area contributed by atoms with Gasteiger partial charge in [0.25, 0.3) is 5.91 Å². The summed E-state index contributed by atoms with van der Waals surface area (Å²) < 4.78 is 0. The number of benzene rings is 1. The molecule has 0 fully saturated rings. The van der Waals surface area contributed by atoms with Crippen LogP contribution in [-0.4, -0.2) is 21.1 Å². The molecule has 3 N–H and O–H groups in total. The van der Waals surface area contributed by atoms with Crippen LogP contribution in [0.1, 0.15) is 44.1 Å². The van der Waals surface area contributed by atoms with Gasteiger partial charge in [0.2, 0.25) is 0 Å². The Morgan fingerprint density at radius 2 is 1.76 bits per heavy atom. The summed E-state index contributed by atoms with van der Waals surface area (Å²) in [6.45, 7) is 4.01.